The largest absolute Gasteiger partial charge is 0.497 e. The number of halogens is 1. The van der Waals surface area contributed by atoms with Gasteiger partial charge in [0.05, 0.1) is 17.7 Å². The zero-order valence-electron chi connectivity index (χ0n) is 26.4. The standard InChI is InChI=1S/C37H40BrN3O5S/c1-46-33-21-23-34(24-22-33)47(44,45)41(32-15-9-4-10-16-32)27-36(42)40(26-29-17-19-30(38)20-18-29)35(25-28-11-5-2-6-12-28)37(43)39-31-13-7-3-8-14-31/h2,4-6,9-12,15-24,31,35H,3,7-8,13-14,25-27H2,1H3,(H,39,43)/t35-/m1/s1. The number of amides is 2. The van der Waals surface area contributed by atoms with Gasteiger partial charge in [-0.2, -0.15) is 0 Å². The molecule has 10 heteroatoms. The van der Waals surface area contributed by atoms with Crippen molar-refractivity contribution in [1.82, 2.24) is 10.2 Å². The summed E-state index contributed by atoms with van der Waals surface area (Å²) in [6.07, 6.45) is 5.30. The highest BCUT2D eigenvalue weighted by atomic mass is 79.9. The molecule has 4 aromatic rings. The molecule has 8 nitrogen and oxygen atoms in total. The highest BCUT2D eigenvalue weighted by Crippen LogP contribution is 2.27. The first kappa shape index (κ1) is 34.2. The van der Waals surface area contributed by atoms with Crippen LogP contribution in [0.15, 0.2) is 119 Å². The van der Waals surface area contributed by atoms with Gasteiger partial charge in [0.2, 0.25) is 11.8 Å². The quantitative estimate of drug-likeness (QED) is 0.165. The second kappa shape index (κ2) is 16.1. The van der Waals surface area contributed by atoms with Crippen molar-refractivity contribution in [2.75, 3.05) is 18.0 Å². The molecule has 1 aliphatic carbocycles. The number of nitrogens with one attached hydrogen (secondary N) is 1. The van der Waals surface area contributed by atoms with E-state index in [0.717, 1.165) is 52.0 Å². The van der Waals surface area contributed by atoms with Gasteiger partial charge in [-0.3, -0.25) is 13.9 Å². The van der Waals surface area contributed by atoms with Gasteiger partial charge >= 0.3 is 0 Å². The highest BCUT2D eigenvalue weighted by Gasteiger charge is 2.35. The number of carbonyl (C=O) groups excluding carboxylic acids is 2. The molecule has 1 fully saturated rings. The summed E-state index contributed by atoms with van der Waals surface area (Å²) in [4.78, 5) is 30.4. The molecule has 1 N–H and O–H groups in total. The number of nitrogens with zero attached hydrogens (tertiary/aromatic N) is 2. The van der Waals surface area contributed by atoms with Gasteiger partial charge in [-0.1, -0.05) is 95.9 Å². The van der Waals surface area contributed by atoms with Crippen LogP contribution in [-0.2, 0) is 32.6 Å². The van der Waals surface area contributed by atoms with Gasteiger partial charge in [0.1, 0.15) is 18.3 Å². The zero-order chi connectivity index (χ0) is 33.2. The molecule has 0 aliphatic heterocycles. The van der Waals surface area contributed by atoms with Crippen molar-refractivity contribution in [2.45, 2.75) is 62.0 Å². The fourth-order valence-corrected chi connectivity index (χ4v) is 7.56. The van der Waals surface area contributed by atoms with E-state index in [1.54, 1.807) is 42.5 Å². The summed E-state index contributed by atoms with van der Waals surface area (Å²) in [6, 6.07) is 30.9. The van der Waals surface area contributed by atoms with Crippen molar-refractivity contribution in [3.63, 3.8) is 0 Å². The normalized spacial score (nSPS) is 14.2. The molecule has 0 unspecified atom stereocenters. The van der Waals surface area contributed by atoms with Gasteiger partial charge in [-0.25, -0.2) is 8.42 Å². The maximum atomic E-state index is 14.6. The van der Waals surface area contributed by atoms with Crippen LogP contribution < -0.4 is 14.4 Å². The first-order chi connectivity index (χ1) is 22.7. The highest BCUT2D eigenvalue weighted by molar-refractivity contribution is 9.10. The Hall–Kier alpha value is -4.15. The van der Waals surface area contributed by atoms with E-state index in [0.29, 0.717) is 11.4 Å². The number of rotatable bonds is 13. The second-order valence-corrected chi connectivity index (χ2v) is 14.5. The third-order valence-electron chi connectivity index (χ3n) is 8.46. The Morgan fingerprint density at radius 2 is 1.45 bits per heavy atom. The molecule has 4 aromatic carbocycles. The Balaban J connectivity index is 1.54. The van der Waals surface area contributed by atoms with Crippen molar-refractivity contribution in [2.24, 2.45) is 0 Å². The SMILES string of the molecule is COc1ccc(S(=O)(=O)N(CC(=O)N(Cc2ccc(Br)cc2)[C@H](Cc2ccccc2)C(=O)NC2CCCCC2)c2ccccc2)cc1. The van der Waals surface area contributed by atoms with Crippen molar-refractivity contribution in [1.29, 1.82) is 0 Å². The molecule has 0 bridgehead atoms. The average molecular weight is 719 g/mol. The predicted molar refractivity (Wildman–Crippen MR) is 188 cm³/mol. The molecule has 47 heavy (non-hydrogen) atoms. The van der Waals surface area contributed by atoms with Gasteiger partial charge in [-0.05, 0) is 72.5 Å². The van der Waals surface area contributed by atoms with Crippen LogP contribution in [0, 0.1) is 0 Å². The van der Waals surface area contributed by atoms with Crippen molar-refractivity contribution in [3.8, 4) is 5.75 Å². The molecule has 1 atom stereocenters. The van der Waals surface area contributed by atoms with Crippen LogP contribution in [0.4, 0.5) is 5.69 Å². The Labute approximate surface area is 285 Å². The Morgan fingerprint density at radius 3 is 2.06 bits per heavy atom. The van der Waals surface area contributed by atoms with Crippen LogP contribution in [0.5, 0.6) is 5.75 Å². The van der Waals surface area contributed by atoms with Gasteiger partial charge < -0.3 is 15.0 Å². The smallest absolute Gasteiger partial charge is 0.264 e. The number of hydrogen-bond donors (Lipinski definition) is 1. The summed E-state index contributed by atoms with van der Waals surface area (Å²) in [5.74, 6) is -0.219. The van der Waals surface area contributed by atoms with E-state index < -0.39 is 28.5 Å². The fourth-order valence-electron chi connectivity index (χ4n) is 5.88. The third-order valence-corrected chi connectivity index (χ3v) is 10.8. The molecule has 2 amide bonds. The predicted octanol–water partition coefficient (Wildman–Crippen LogP) is 6.74. The molecule has 0 saturated heterocycles. The Kier molecular flexibility index (Phi) is 11.7. The van der Waals surface area contributed by atoms with Gasteiger partial charge in [0.25, 0.3) is 10.0 Å². The first-order valence-corrected chi connectivity index (χ1v) is 18.1. The summed E-state index contributed by atoms with van der Waals surface area (Å²) >= 11 is 3.48. The molecule has 0 radical (unpaired) electrons. The second-order valence-electron chi connectivity index (χ2n) is 11.7. The Morgan fingerprint density at radius 1 is 0.830 bits per heavy atom. The van der Waals surface area contributed by atoms with E-state index >= 15 is 0 Å². The Bertz CT molecular complexity index is 1710. The lowest BCUT2D eigenvalue weighted by atomic mass is 9.94. The van der Waals surface area contributed by atoms with Crippen LogP contribution in [0.2, 0.25) is 0 Å². The molecule has 0 heterocycles. The number of hydrogen-bond acceptors (Lipinski definition) is 5. The molecule has 1 saturated carbocycles. The summed E-state index contributed by atoms with van der Waals surface area (Å²) in [5, 5.41) is 3.24. The molecule has 246 valence electrons. The molecule has 0 spiro atoms. The van der Waals surface area contributed by atoms with Crippen molar-refractivity contribution in [3.05, 3.63) is 125 Å². The van der Waals surface area contributed by atoms with Crippen molar-refractivity contribution >= 4 is 43.5 Å². The zero-order valence-corrected chi connectivity index (χ0v) is 28.8. The summed E-state index contributed by atoms with van der Waals surface area (Å²) < 4.78 is 35.6. The van der Waals surface area contributed by atoms with Crippen LogP contribution in [0.25, 0.3) is 0 Å². The van der Waals surface area contributed by atoms with E-state index in [9.17, 15) is 18.0 Å². The minimum atomic E-state index is -4.19. The van der Waals surface area contributed by atoms with Gasteiger partial charge in [0, 0.05) is 23.5 Å². The van der Waals surface area contributed by atoms with E-state index in [-0.39, 0.29) is 29.8 Å². The average Bonchev–Trinajstić information content (AvgIpc) is 3.10. The molecular formula is C37H40BrN3O5S. The van der Waals surface area contributed by atoms with Crippen LogP contribution in [0.3, 0.4) is 0 Å². The fraction of sp³-hybridized carbons (Fsp3) is 0.297. The van der Waals surface area contributed by atoms with E-state index in [2.05, 4.69) is 21.2 Å². The number of anilines is 1. The van der Waals surface area contributed by atoms with Crippen LogP contribution >= 0.6 is 15.9 Å². The summed E-state index contributed by atoms with van der Waals surface area (Å²) in [7, 11) is -2.68. The number of para-hydroxylation sites is 1. The number of methoxy groups -OCH3 is 1. The maximum absolute atomic E-state index is 14.6. The summed E-state index contributed by atoms with van der Waals surface area (Å²) in [5.41, 5.74) is 2.05. The lowest BCUT2D eigenvalue weighted by Gasteiger charge is -2.35. The summed E-state index contributed by atoms with van der Waals surface area (Å²) in [6.45, 7) is -0.385. The van der Waals surface area contributed by atoms with Crippen molar-refractivity contribution < 1.29 is 22.7 Å². The molecular weight excluding hydrogens is 678 g/mol. The lowest BCUT2D eigenvalue weighted by Crippen LogP contribution is -2.55. The monoisotopic (exact) mass is 717 g/mol. The van der Waals surface area contributed by atoms with E-state index in [1.807, 2.05) is 54.6 Å². The number of sulfonamides is 1. The number of carbonyl (C=O) groups is 2. The molecule has 5 rings (SSSR count). The molecule has 0 aromatic heterocycles. The van der Waals surface area contributed by atoms with E-state index in [4.69, 9.17) is 4.74 Å². The minimum absolute atomic E-state index is 0.0188. The maximum Gasteiger partial charge on any atom is 0.264 e. The molecule has 1 aliphatic rings. The number of benzene rings is 4. The number of ether oxygens (including phenoxy) is 1. The van der Waals surface area contributed by atoms with E-state index in [1.165, 1.54) is 24.1 Å². The lowest BCUT2D eigenvalue weighted by molar-refractivity contribution is -0.140. The van der Waals surface area contributed by atoms with Gasteiger partial charge in [0.15, 0.2) is 0 Å². The van der Waals surface area contributed by atoms with Crippen LogP contribution in [-0.4, -0.2) is 50.9 Å². The first-order valence-electron chi connectivity index (χ1n) is 15.8. The topological polar surface area (TPSA) is 96.0 Å². The van der Waals surface area contributed by atoms with Crippen LogP contribution in [0.1, 0.15) is 43.2 Å². The minimum Gasteiger partial charge on any atom is -0.497 e. The van der Waals surface area contributed by atoms with Gasteiger partial charge in [-0.15, -0.1) is 0 Å². The third kappa shape index (κ3) is 9.02.